The zero-order valence-corrected chi connectivity index (χ0v) is 21.0. The molecule has 6 aromatic rings. The van der Waals surface area contributed by atoms with E-state index in [4.69, 9.17) is 13.7 Å². The van der Waals surface area contributed by atoms with Gasteiger partial charge >= 0.3 is 7.12 Å². The highest BCUT2D eigenvalue weighted by atomic mass is 32.1. The van der Waals surface area contributed by atoms with Gasteiger partial charge in [-0.15, -0.1) is 11.3 Å². The maximum absolute atomic E-state index is 6.32. The third-order valence-electron chi connectivity index (χ3n) is 7.74. The molecule has 0 aliphatic carbocycles. The molecule has 3 nitrogen and oxygen atoms in total. The predicted octanol–water partition coefficient (Wildman–Crippen LogP) is 7.92. The van der Waals surface area contributed by atoms with E-state index >= 15 is 0 Å². The molecule has 5 heteroatoms. The Morgan fingerprint density at radius 3 is 2.17 bits per heavy atom. The van der Waals surface area contributed by atoms with Crippen molar-refractivity contribution in [3.8, 4) is 11.1 Å². The van der Waals surface area contributed by atoms with E-state index in [-0.39, 0.29) is 18.3 Å². The molecule has 0 saturated carbocycles. The molecular weight excluding hydrogens is 451 g/mol. The first-order valence-electron chi connectivity index (χ1n) is 12.0. The number of hydrogen-bond acceptors (Lipinski definition) is 4. The van der Waals surface area contributed by atoms with Crippen LogP contribution in [0.4, 0.5) is 0 Å². The van der Waals surface area contributed by atoms with E-state index in [0.29, 0.717) is 0 Å². The monoisotopic (exact) mass is 476 g/mol. The number of benzene rings is 4. The van der Waals surface area contributed by atoms with Crippen LogP contribution in [0.3, 0.4) is 0 Å². The summed E-state index contributed by atoms with van der Waals surface area (Å²) in [6, 6.07) is 27.8. The second-order valence-electron chi connectivity index (χ2n) is 10.4. The maximum Gasteiger partial charge on any atom is 0.494 e. The van der Waals surface area contributed by atoms with Gasteiger partial charge in [0.05, 0.1) is 11.2 Å². The Kier molecular flexibility index (Phi) is 4.36. The molecule has 0 atom stereocenters. The summed E-state index contributed by atoms with van der Waals surface area (Å²) in [7, 11) is -0.361. The molecule has 4 aromatic carbocycles. The second-order valence-corrected chi connectivity index (χ2v) is 11.5. The molecule has 1 fully saturated rings. The van der Waals surface area contributed by atoms with Crippen molar-refractivity contribution in [2.24, 2.45) is 0 Å². The molecule has 0 bridgehead atoms. The summed E-state index contributed by atoms with van der Waals surface area (Å²) < 4.78 is 21.3. The van der Waals surface area contributed by atoms with Gasteiger partial charge in [0, 0.05) is 36.5 Å². The molecule has 0 radical (unpaired) electrons. The fourth-order valence-corrected chi connectivity index (χ4v) is 6.43. The van der Waals surface area contributed by atoms with Crippen LogP contribution in [0.15, 0.2) is 83.3 Å². The minimum Gasteiger partial charge on any atom is -0.456 e. The topological polar surface area (TPSA) is 31.6 Å². The van der Waals surface area contributed by atoms with Crippen LogP contribution in [0, 0.1) is 0 Å². The molecule has 1 saturated heterocycles. The van der Waals surface area contributed by atoms with Crippen molar-refractivity contribution in [2.45, 2.75) is 38.9 Å². The summed E-state index contributed by atoms with van der Waals surface area (Å²) in [4.78, 5) is 0. The van der Waals surface area contributed by atoms with Crippen LogP contribution in [0.5, 0.6) is 0 Å². The van der Waals surface area contributed by atoms with Gasteiger partial charge in [-0.3, -0.25) is 0 Å². The van der Waals surface area contributed by atoms with Crippen molar-refractivity contribution in [1.29, 1.82) is 0 Å². The molecule has 3 heterocycles. The largest absolute Gasteiger partial charge is 0.494 e. The summed E-state index contributed by atoms with van der Waals surface area (Å²) in [6.45, 7) is 8.38. The van der Waals surface area contributed by atoms with Crippen molar-refractivity contribution in [3.63, 3.8) is 0 Å². The Hall–Kier alpha value is -3.12. The number of fused-ring (bicyclic) bond motifs is 6. The van der Waals surface area contributed by atoms with E-state index in [2.05, 4.69) is 94.4 Å². The van der Waals surface area contributed by atoms with Crippen LogP contribution in [0.25, 0.3) is 53.2 Å². The fourth-order valence-electron chi connectivity index (χ4n) is 5.15. The van der Waals surface area contributed by atoms with Crippen LogP contribution in [-0.4, -0.2) is 18.3 Å². The summed E-state index contributed by atoms with van der Waals surface area (Å²) in [6.07, 6.45) is 0. The lowest BCUT2D eigenvalue weighted by Crippen LogP contribution is -2.41. The molecule has 1 aliphatic heterocycles. The molecule has 35 heavy (non-hydrogen) atoms. The van der Waals surface area contributed by atoms with E-state index < -0.39 is 0 Å². The lowest BCUT2D eigenvalue weighted by atomic mass is 9.79. The standard InChI is InChI=1S/C30H25BO3S/c1-29(2)30(3,4)34-31(33-29)18-15-16-19-21-11-7-12-22(28(21)35-26(19)17-18)20-10-8-14-25-27(20)23-9-5-6-13-24(23)32-25/h5-17H,1-4H3. The molecule has 7 rings (SSSR count). The van der Waals surface area contributed by atoms with Crippen molar-refractivity contribution in [2.75, 3.05) is 0 Å². The smallest absolute Gasteiger partial charge is 0.456 e. The molecule has 172 valence electrons. The summed E-state index contributed by atoms with van der Waals surface area (Å²) in [5, 5.41) is 4.86. The van der Waals surface area contributed by atoms with Gasteiger partial charge in [-0.05, 0) is 56.9 Å². The number of rotatable bonds is 2. The summed E-state index contributed by atoms with van der Waals surface area (Å²) in [5.74, 6) is 0. The highest BCUT2D eigenvalue weighted by molar-refractivity contribution is 7.26. The molecule has 0 N–H and O–H groups in total. The van der Waals surface area contributed by atoms with Gasteiger partial charge in [0.1, 0.15) is 11.2 Å². The highest BCUT2D eigenvalue weighted by Gasteiger charge is 2.51. The average Bonchev–Trinajstić information content (AvgIpc) is 3.47. The van der Waals surface area contributed by atoms with Crippen LogP contribution in [0.1, 0.15) is 27.7 Å². The molecular formula is C30H25BO3S. The van der Waals surface area contributed by atoms with Gasteiger partial charge in [0.2, 0.25) is 0 Å². The van der Waals surface area contributed by atoms with E-state index in [1.165, 1.54) is 36.7 Å². The third kappa shape index (κ3) is 3.05. The van der Waals surface area contributed by atoms with Gasteiger partial charge in [-0.25, -0.2) is 0 Å². The van der Waals surface area contributed by atoms with Crippen molar-refractivity contribution < 1.29 is 13.7 Å². The maximum atomic E-state index is 6.32. The SMILES string of the molecule is CC1(C)OB(c2ccc3c(c2)sc2c(-c4cccc5oc6ccccc6c45)cccc23)OC1(C)C. The van der Waals surface area contributed by atoms with E-state index in [1.807, 2.05) is 23.5 Å². The predicted molar refractivity (Wildman–Crippen MR) is 148 cm³/mol. The molecule has 0 unspecified atom stereocenters. The summed E-state index contributed by atoms with van der Waals surface area (Å²) >= 11 is 1.83. The lowest BCUT2D eigenvalue weighted by Gasteiger charge is -2.32. The van der Waals surface area contributed by atoms with E-state index in [1.54, 1.807) is 0 Å². The van der Waals surface area contributed by atoms with Gasteiger partial charge < -0.3 is 13.7 Å². The Balaban J connectivity index is 1.42. The normalized spacial score (nSPS) is 17.3. The first-order valence-corrected chi connectivity index (χ1v) is 12.9. The van der Waals surface area contributed by atoms with E-state index in [9.17, 15) is 0 Å². The first kappa shape index (κ1) is 21.2. The molecule has 0 spiro atoms. The van der Waals surface area contributed by atoms with Crippen molar-refractivity contribution >= 4 is 66.0 Å². The van der Waals surface area contributed by atoms with Gasteiger partial charge in [-0.2, -0.15) is 0 Å². The highest BCUT2D eigenvalue weighted by Crippen LogP contribution is 2.44. The Morgan fingerprint density at radius 1 is 0.657 bits per heavy atom. The minimum absolute atomic E-state index is 0.355. The van der Waals surface area contributed by atoms with Gasteiger partial charge in [0.15, 0.2) is 0 Å². The number of furan rings is 1. The van der Waals surface area contributed by atoms with Gasteiger partial charge in [-0.1, -0.05) is 60.7 Å². The summed E-state index contributed by atoms with van der Waals surface area (Å²) in [5.41, 5.74) is 4.63. The number of hydrogen-bond donors (Lipinski definition) is 0. The first-order chi connectivity index (χ1) is 16.8. The van der Waals surface area contributed by atoms with Crippen LogP contribution in [0.2, 0.25) is 0 Å². The number of para-hydroxylation sites is 1. The second kappa shape index (κ2) is 7.20. The Labute approximate surface area is 208 Å². The Morgan fingerprint density at radius 2 is 1.34 bits per heavy atom. The molecule has 1 aliphatic rings. The fraction of sp³-hybridized carbons (Fsp3) is 0.200. The molecule has 2 aromatic heterocycles. The zero-order chi connectivity index (χ0) is 23.9. The lowest BCUT2D eigenvalue weighted by molar-refractivity contribution is 0.00578. The van der Waals surface area contributed by atoms with Crippen LogP contribution in [-0.2, 0) is 9.31 Å². The van der Waals surface area contributed by atoms with Crippen LogP contribution >= 0.6 is 11.3 Å². The molecule has 0 amide bonds. The van der Waals surface area contributed by atoms with Gasteiger partial charge in [0.25, 0.3) is 0 Å². The van der Waals surface area contributed by atoms with Crippen LogP contribution < -0.4 is 5.46 Å². The zero-order valence-electron chi connectivity index (χ0n) is 20.2. The number of thiophene rings is 1. The van der Waals surface area contributed by atoms with Crippen molar-refractivity contribution in [3.05, 3.63) is 78.9 Å². The third-order valence-corrected chi connectivity index (χ3v) is 8.94. The Bertz CT molecular complexity index is 1760. The quantitative estimate of drug-likeness (QED) is 0.238. The minimum atomic E-state index is -0.361. The van der Waals surface area contributed by atoms with Crippen molar-refractivity contribution in [1.82, 2.24) is 0 Å². The average molecular weight is 476 g/mol. The van der Waals surface area contributed by atoms with E-state index in [0.717, 1.165) is 22.0 Å².